The lowest BCUT2D eigenvalue weighted by Gasteiger charge is -2.35. The Hall–Kier alpha value is -1.46. The van der Waals surface area contributed by atoms with Crippen LogP contribution in [0.2, 0.25) is 0 Å². The number of hydrogen-bond donors (Lipinski definition) is 2. The summed E-state index contributed by atoms with van der Waals surface area (Å²) in [5, 5.41) is 11.6. The lowest BCUT2D eigenvalue weighted by atomic mass is 10.1. The van der Waals surface area contributed by atoms with Gasteiger partial charge in [-0.3, -0.25) is 9.69 Å². The zero-order chi connectivity index (χ0) is 15.9. The average molecular weight is 296 g/mol. The van der Waals surface area contributed by atoms with E-state index in [1.54, 1.807) is 12.1 Å². The predicted molar refractivity (Wildman–Crippen MR) is 82.7 cm³/mol. The second-order valence-electron chi connectivity index (χ2n) is 6.08. The molecule has 1 aromatic rings. The fourth-order valence-corrected chi connectivity index (χ4v) is 1.97. The van der Waals surface area contributed by atoms with Gasteiger partial charge in [-0.25, -0.2) is 4.39 Å². The summed E-state index contributed by atoms with van der Waals surface area (Å²) in [5.41, 5.74) is 0.459. The first kappa shape index (κ1) is 17.6. The van der Waals surface area contributed by atoms with E-state index in [2.05, 4.69) is 31.0 Å². The van der Waals surface area contributed by atoms with Crippen molar-refractivity contribution >= 4 is 11.6 Å². The summed E-state index contributed by atoms with van der Waals surface area (Å²) < 4.78 is 12.8. The van der Waals surface area contributed by atoms with Gasteiger partial charge in [-0.2, -0.15) is 0 Å². The molecule has 0 aliphatic rings. The van der Waals surface area contributed by atoms with Crippen molar-refractivity contribution in [3.63, 3.8) is 0 Å². The third-order valence-corrected chi connectivity index (χ3v) is 3.25. The van der Waals surface area contributed by atoms with Crippen LogP contribution < -0.4 is 5.32 Å². The smallest absolute Gasteiger partial charge is 0.238 e. The largest absolute Gasteiger partial charge is 0.396 e. The summed E-state index contributed by atoms with van der Waals surface area (Å²) >= 11 is 0. The van der Waals surface area contributed by atoms with Crippen LogP contribution in [0.25, 0.3) is 0 Å². The first-order valence-electron chi connectivity index (χ1n) is 7.24. The van der Waals surface area contributed by atoms with E-state index in [0.29, 0.717) is 5.69 Å². The Balaban J connectivity index is 2.56. The van der Waals surface area contributed by atoms with E-state index in [9.17, 15) is 9.18 Å². The maximum atomic E-state index is 12.8. The lowest BCUT2D eigenvalue weighted by Crippen LogP contribution is -2.46. The maximum Gasteiger partial charge on any atom is 0.238 e. The monoisotopic (exact) mass is 296 g/mol. The minimum Gasteiger partial charge on any atom is -0.396 e. The van der Waals surface area contributed by atoms with Crippen LogP contribution in [0.15, 0.2) is 24.3 Å². The van der Waals surface area contributed by atoms with Gasteiger partial charge >= 0.3 is 0 Å². The van der Waals surface area contributed by atoms with Crippen LogP contribution in [-0.2, 0) is 4.79 Å². The number of carbonyl (C=O) groups excluding carboxylic acids is 1. The number of benzene rings is 1. The highest BCUT2D eigenvalue weighted by molar-refractivity contribution is 5.92. The van der Waals surface area contributed by atoms with Crippen molar-refractivity contribution in [1.29, 1.82) is 0 Å². The molecule has 5 heteroatoms. The minimum atomic E-state index is -0.326. The molecule has 0 unspecified atom stereocenters. The molecule has 0 bridgehead atoms. The lowest BCUT2D eigenvalue weighted by molar-refractivity contribution is -0.118. The van der Waals surface area contributed by atoms with Crippen molar-refractivity contribution < 1.29 is 14.3 Å². The van der Waals surface area contributed by atoms with Gasteiger partial charge in [0, 0.05) is 17.8 Å². The maximum absolute atomic E-state index is 12.8. The third kappa shape index (κ3) is 6.69. The number of halogens is 1. The zero-order valence-electron chi connectivity index (χ0n) is 13.0. The number of nitrogens with zero attached hydrogens (tertiary/aromatic N) is 1. The fourth-order valence-electron chi connectivity index (χ4n) is 1.97. The normalized spacial score (nSPS) is 11.7. The predicted octanol–water partition coefficient (Wildman–Crippen LogP) is 2.64. The van der Waals surface area contributed by atoms with E-state index in [1.807, 2.05) is 0 Å². The number of aliphatic hydroxyl groups excluding tert-OH is 1. The van der Waals surface area contributed by atoms with Gasteiger partial charge in [0.2, 0.25) is 5.91 Å². The van der Waals surface area contributed by atoms with E-state index in [-0.39, 0.29) is 30.4 Å². The molecule has 21 heavy (non-hydrogen) atoms. The van der Waals surface area contributed by atoms with Crippen LogP contribution in [0.4, 0.5) is 10.1 Å². The van der Waals surface area contributed by atoms with Crippen molar-refractivity contribution in [2.45, 2.75) is 39.2 Å². The molecule has 0 aliphatic heterocycles. The minimum absolute atomic E-state index is 0.125. The van der Waals surface area contributed by atoms with E-state index in [4.69, 9.17) is 5.11 Å². The Labute approximate surface area is 126 Å². The van der Waals surface area contributed by atoms with Gasteiger partial charge in [-0.05, 0) is 64.4 Å². The molecule has 1 amide bonds. The molecule has 0 atom stereocenters. The molecule has 0 saturated carbocycles. The number of anilines is 1. The second kappa shape index (κ2) is 8.10. The Morgan fingerprint density at radius 1 is 1.24 bits per heavy atom. The Bertz CT molecular complexity index is 441. The highest BCUT2D eigenvalue weighted by atomic mass is 19.1. The molecule has 0 spiro atoms. The standard InChI is InChI=1S/C16H25FN2O2/c1-16(2,3)19(10-4-5-11-20)12-15(21)18-14-8-6-13(17)7-9-14/h6-9,20H,4-5,10-12H2,1-3H3,(H,18,21). The molecule has 1 rings (SSSR count). The van der Waals surface area contributed by atoms with Gasteiger partial charge < -0.3 is 10.4 Å². The third-order valence-electron chi connectivity index (χ3n) is 3.25. The Kier molecular flexibility index (Phi) is 6.78. The number of unbranched alkanes of at least 4 members (excludes halogenated alkanes) is 1. The molecule has 1 aromatic carbocycles. The summed E-state index contributed by atoms with van der Waals surface area (Å²) in [7, 11) is 0. The van der Waals surface area contributed by atoms with Crippen LogP contribution in [0.3, 0.4) is 0 Å². The van der Waals surface area contributed by atoms with E-state index < -0.39 is 0 Å². The van der Waals surface area contributed by atoms with Crippen molar-refractivity contribution in [3.05, 3.63) is 30.1 Å². The molecule has 2 N–H and O–H groups in total. The van der Waals surface area contributed by atoms with Crippen molar-refractivity contribution in [3.8, 4) is 0 Å². The number of aliphatic hydroxyl groups is 1. The molecule has 0 aromatic heterocycles. The molecular formula is C16H25FN2O2. The molecule has 0 aliphatic carbocycles. The zero-order valence-corrected chi connectivity index (χ0v) is 13.0. The average Bonchev–Trinajstić information content (AvgIpc) is 2.39. The fraction of sp³-hybridized carbons (Fsp3) is 0.562. The first-order valence-corrected chi connectivity index (χ1v) is 7.24. The van der Waals surface area contributed by atoms with Crippen molar-refractivity contribution in [2.24, 2.45) is 0 Å². The van der Waals surface area contributed by atoms with E-state index in [0.717, 1.165) is 19.4 Å². The highest BCUT2D eigenvalue weighted by Gasteiger charge is 2.23. The van der Waals surface area contributed by atoms with Gasteiger partial charge in [0.25, 0.3) is 0 Å². The van der Waals surface area contributed by atoms with Gasteiger partial charge in [0.05, 0.1) is 6.54 Å². The van der Waals surface area contributed by atoms with E-state index >= 15 is 0 Å². The number of rotatable bonds is 7. The second-order valence-corrected chi connectivity index (χ2v) is 6.08. The SMILES string of the molecule is CC(C)(C)N(CCCCO)CC(=O)Nc1ccc(F)cc1. The topological polar surface area (TPSA) is 52.6 Å². The molecule has 0 fully saturated rings. The number of hydrogen-bond acceptors (Lipinski definition) is 3. The summed E-state index contributed by atoms with van der Waals surface area (Å²) in [6, 6.07) is 5.72. The van der Waals surface area contributed by atoms with Crippen LogP contribution in [0, 0.1) is 5.82 Å². The molecule has 0 saturated heterocycles. The molecule has 4 nitrogen and oxygen atoms in total. The van der Waals surface area contributed by atoms with Gasteiger partial charge in [-0.1, -0.05) is 0 Å². The van der Waals surface area contributed by atoms with Gasteiger partial charge in [0.1, 0.15) is 5.82 Å². The molecule has 118 valence electrons. The molecular weight excluding hydrogens is 271 g/mol. The van der Waals surface area contributed by atoms with E-state index in [1.165, 1.54) is 12.1 Å². The summed E-state index contributed by atoms with van der Waals surface area (Å²) in [6.07, 6.45) is 1.57. The Morgan fingerprint density at radius 3 is 2.38 bits per heavy atom. The number of nitrogens with one attached hydrogen (secondary N) is 1. The van der Waals surface area contributed by atoms with Gasteiger partial charge in [0.15, 0.2) is 0 Å². The number of amides is 1. The first-order chi connectivity index (χ1) is 9.82. The van der Waals surface area contributed by atoms with Crippen LogP contribution in [-0.4, -0.2) is 41.1 Å². The van der Waals surface area contributed by atoms with Crippen LogP contribution in [0.1, 0.15) is 33.6 Å². The van der Waals surface area contributed by atoms with Crippen LogP contribution in [0.5, 0.6) is 0 Å². The molecule has 0 radical (unpaired) electrons. The van der Waals surface area contributed by atoms with Crippen LogP contribution >= 0.6 is 0 Å². The summed E-state index contributed by atoms with van der Waals surface area (Å²) in [5.74, 6) is -0.450. The quantitative estimate of drug-likeness (QED) is 0.761. The Morgan fingerprint density at radius 2 is 1.86 bits per heavy atom. The number of carbonyl (C=O) groups is 1. The summed E-state index contributed by atoms with van der Waals surface area (Å²) in [6.45, 7) is 7.35. The van der Waals surface area contributed by atoms with Crippen molar-refractivity contribution in [2.75, 3.05) is 25.0 Å². The molecule has 0 heterocycles. The highest BCUT2D eigenvalue weighted by Crippen LogP contribution is 2.15. The van der Waals surface area contributed by atoms with Gasteiger partial charge in [-0.15, -0.1) is 0 Å². The van der Waals surface area contributed by atoms with Crippen molar-refractivity contribution in [1.82, 2.24) is 4.90 Å². The summed E-state index contributed by atoms with van der Waals surface area (Å²) in [4.78, 5) is 14.2.